The van der Waals surface area contributed by atoms with Gasteiger partial charge in [0.05, 0.1) is 6.04 Å². The van der Waals surface area contributed by atoms with Crippen LogP contribution in [0.5, 0.6) is 0 Å². The molecule has 0 saturated heterocycles. The first-order valence-electron chi connectivity index (χ1n) is 5.69. The summed E-state index contributed by atoms with van der Waals surface area (Å²) >= 11 is 11.0. The molecular weight excluding hydrogens is 282 g/mol. The van der Waals surface area contributed by atoms with E-state index in [1.165, 1.54) is 0 Å². The number of rotatable bonds is 4. The molecule has 100 valence electrons. The Morgan fingerprint density at radius 1 is 1.53 bits per heavy atom. The number of aromatic nitrogens is 3. The Balaban J connectivity index is 2.30. The van der Waals surface area contributed by atoms with Crippen LogP contribution in [0.15, 0.2) is 24.5 Å². The van der Waals surface area contributed by atoms with Gasteiger partial charge in [-0.2, -0.15) is 0 Å². The number of hydrogen-bond acceptors (Lipinski definition) is 4. The summed E-state index contributed by atoms with van der Waals surface area (Å²) in [5.41, 5.74) is 7.25. The van der Waals surface area contributed by atoms with E-state index < -0.39 is 0 Å². The third-order valence-corrected chi connectivity index (χ3v) is 3.21. The van der Waals surface area contributed by atoms with Crippen molar-refractivity contribution in [2.24, 2.45) is 12.8 Å². The average molecular weight is 296 g/mol. The number of nitrogens with zero attached hydrogens (tertiary/aromatic N) is 3. The quantitative estimate of drug-likeness (QED) is 0.847. The average Bonchev–Trinajstić information content (AvgIpc) is 2.75. The van der Waals surface area contributed by atoms with Gasteiger partial charge in [-0.3, -0.25) is 0 Å². The van der Waals surface area contributed by atoms with E-state index in [4.69, 9.17) is 29.6 Å². The van der Waals surface area contributed by atoms with Crippen LogP contribution in [0, 0.1) is 0 Å². The first kappa shape index (κ1) is 13.8. The normalized spacial score (nSPS) is 12.2. The van der Waals surface area contributed by atoms with Crippen LogP contribution in [-0.4, -0.2) is 19.8 Å². The van der Waals surface area contributed by atoms with E-state index in [9.17, 15) is 0 Å². The zero-order valence-electron chi connectivity index (χ0n) is 10.6. The molecule has 0 aliphatic rings. The van der Waals surface area contributed by atoms with E-state index in [1.54, 1.807) is 24.5 Å². The van der Waals surface area contributed by atoms with Crippen molar-refractivity contribution in [3.05, 3.63) is 40.9 Å². The van der Waals surface area contributed by atoms with Gasteiger partial charge in [0, 0.05) is 23.3 Å². The fourth-order valence-corrected chi connectivity index (χ4v) is 2.18. The van der Waals surface area contributed by atoms with Gasteiger partial charge in [-0.05, 0) is 25.1 Å². The number of aryl methyl sites for hydroxylation is 1. The lowest BCUT2D eigenvalue weighted by atomic mass is 10.1. The smallest absolute Gasteiger partial charge is 0.154 e. The molecule has 0 aliphatic heterocycles. The summed E-state index contributed by atoms with van der Waals surface area (Å²) in [4.78, 5) is 0.323. The molecule has 0 aliphatic carbocycles. The monoisotopic (exact) mass is 295 g/mol. The summed E-state index contributed by atoms with van der Waals surface area (Å²) in [5.74, 6) is 0.814. The summed E-state index contributed by atoms with van der Waals surface area (Å²) in [5, 5.41) is 11.8. The lowest BCUT2D eigenvalue weighted by molar-refractivity contribution is 0.719. The second-order valence-electron chi connectivity index (χ2n) is 4.22. The molecule has 3 N–H and O–H groups in total. The van der Waals surface area contributed by atoms with Gasteiger partial charge < -0.3 is 15.6 Å². The molecule has 0 saturated carbocycles. The van der Waals surface area contributed by atoms with Gasteiger partial charge in [0.25, 0.3) is 0 Å². The maximum Gasteiger partial charge on any atom is 0.154 e. The van der Waals surface area contributed by atoms with Crippen molar-refractivity contribution in [3.8, 4) is 0 Å². The molecule has 1 unspecified atom stereocenters. The minimum absolute atomic E-state index is 0.0425. The zero-order valence-corrected chi connectivity index (χ0v) is 12.2. The van der Waals surface area contributed by atoms with Gasteiger partial charge in [-0.1, -0.05) is 23.8 Å². The van der Waals surface area contributed by atoms with Gasteiger partial charge in [0.2, 0.25) is 0 Å². The lowest BCUT2D eigenvalue weighted by Gasteiger charge is -2.17. The van der Waals surface area contributed by atoms with Crippen LogP contribution >= 0.6 is 23.8 Å². The van der Waals surface area contributed by atoms with Crippen molar-refractivity contribution < 1.29 is 0 Å². The lowest BCUT2D eigenvalue weighted by Crippen LogP contribution is -2.17. The first-order chi connectivity index (χ1) is 8.99. The summed E-state index contributed by atoms with van der Waals surface area (Å²) in [7, 11) is 1.89. The van der Waals surface area contributed by atoms with Crippen LogP contribution in [0.3, 0.4) is 0 Å². The molecule has 19 heavy (non-hydrogen) atoms. The molecule has 0 bridgehead atoms. The van der Waals surface area contributed by atoms with Crippen LogP contribution in [0.4, 0.5) is 5.69 Å². The minimum atomic E-state index is -0.0425. The Kier molecular flexibility index (Phi) is 4.01. The van der Waals surface area contributed by atoms with E-state index >= 15 is 0 Å². The number of thiocarbonyl (C=S) groups is 1. The molecule has 0 fully saturated rings. The second kappa shape index (κ2) is 5.54. The number of nitrogens with one attached hydrogen (secondary N) is 1. The van der Waals surface area contributed by atoms with Gasteiger partial charge in [-0.25, -0.2) is 0 Å². The topological polar surface area (TPSA) is 68.8 Å². The van der Waals surface area contributed by atoms with Crippen molar-refractivity contribution in [2.75, 3.05) is 5.32 Å². The summed E-state index contributed by atoms with van der Waals surface area (Å²) in [6.07, 6.45) is 1.65. The Morgan fingerprint density at radius 2 is 2.26 bits per heavy atom. The van der Waals surface area contributed by atoms with E-state index in [2.05, 4.69) is 15.5 Å². The number of anilines is 1. The fourth-order valence-electron chi connectivity index (χ4n) is 1.83. The molecule has 0 spiro atoms. The molecular formula is C12H14ClN5S. The van der Waals surface area contributed by atoms with Gasteiger partial charge in [-0.15, -0.1) is 10.2 Å². The number of nitrogens with two attached hydrogens (primary N) is 1. The van der Waals surface area contributed by atoms with E-state index in [0.717, 1.165) is 17.1 Å². The van der Waals surface area contributed by atoms with Gasteiger partial charge in [0.15, 0.2) is 5.82 Å². The van der Waals surface area contributed by atoms with Crippen LogP contribution in [-0.2, 0) is 7.05 Å². The highest BCUT2D eigenvalue weighted by atomic mass is 35.5. The SMILES string of the molecule is CC(Nc1cc(Cl)ccc1C(N)=S)c1nncn1C. The zero-order chi connectivity index (χ0) is 14.0. The van der Waals surface area contributed by atoms with Crippen molar-refractivity contribution in [1.29, 1.82) is 0 Å². The summed E-state index contributed by atoms with van der Waals surface area (Å²) < 4.78 is 1.85. The number of hydrogen-bond donors (Lipinski definition) is 2. The van der Waals surface area contributed by atoms with Gasteiger partial charge >= 0.3 is 0 Å². The predicted molar refractivity (Wildman–Crippen MR) is 80.4 cm³/mol. The predicted octanol–water partition coefficient (Wildman–Crippen LogP) is 2.28. The highest BCUT2D eigenvalue weighted by molar-refractivity contribution is 7.80. The standard InChI is InChI=1S/C12H14ClN5S/c1-7(12-17-15-6-18(12)2)16-10-5-8(13)3-4-9(10)11(14)19/h3-7,16H,1-2H3,(H2,14,19). The molecule has 5 nitrogen and oxygen atoms in total. The van der Waals surface area contributed by atoms with Crippen molar-refractivity contribution in [1.82, 2.24) is 14.8 Å². The van der Waals surface area contributed by atoms with Crippen LogP contribution in [0.2, 0.25) is 5.02 Å². The Hall–Kier alpha value is -1.66. The maximum absolute atomic E-state index is 6.00. The van der Waals surface area contributed by atoms with Gasteiger partial charge in [0.1, 0.15) is 11.3 Å². The fraction of sp³-hybridized carbons (Fsp3) is 0.250. The second-order valence-corrected chi connectivity index (χ2v) is 5.10. The molecule has 1 heterocycles. The molecule has 1 aromatic heterocycles. The number of benzene rings is 1. The van der Waals surface area contributed by atoms with Crippen LogP contribution < -0.4 is 11.1 Å². The van der Waals surface area contributed by atoms with E-state index in [-0.39, 0.29) is 6.04 Å². The summed E-state index contributed by atoms with van der Waals surface area (Å²) in [6, 6.07) is 5.31. The van der Waals surface area contributed by atoms with Crippen molar-refractivity contribution in [2.45, 2.75) is 13.0 Å². The minimum Gasteiger partial charge on any atom is -0.389 e. The number of halogens is 1. The Labute approximate surface area is 121 Å². The molecule has 7 heteroatoms. The summed E-state index contributed by atoms with van der Waals surface area (Å²) in [6.45, 7) is 1.98. The molecule has 0 radical (unpaired) electrons. The van der Waals surface area contributed by atoms with E-state index in [0.29, 0.717) is 10.0 Å². The molecule has 1 aromatic carbocycles. The van der Waals surface area contributed by atoms with Crippen LogP contribution in [0.1, 0.15) is 24.4 Å². The molecule has 1 atom stereocenters. The highest BCUT2D eigenvalue weighted by Crippen LogP contribution is 2.25. The van der Waals surface area contributed by atoms with Crippen LogP contribution in [0.25, 0.3) is 0 Å². The Morgan fingerprint density at radius 3 is 2.84 bits per heavy atom. The molecule has 2 aromatic rings. The first-order valence-corrected chi connectivity index (χ1v) is 6.47. The Bertz CT molecular complexity index is 610. The van der Waals surface area contributed by atoms with Crippen molar-refractivity contribution in [3.63, 3.8) is 0 Å². The molecule has 2 rings (SSSR count). The third kappa shape index (κ3) is 3.02. The van der Waals surface area contributed by atoms with Crippen molar-refractivity contribution >= 4 is 34.5 Å². The highest BCUT2D eigenvalue weighted by Gasteiger charge is 2.14. The largest absolute Gasteiger partial charge is 0.389 e. The molecule has 0 amide bonds. The van der Waals surface area contributed by atoms with E-state index in [1.807, 2.05) is 18.5 Å². The third-order valence-electron chi connectivity index (χ3n) is 2.75. The maximum atomic E-state index is 6.00.